The Balaban J connectivity index is 2.58. The third-order valence-corrected chi connectivity index (χ3v) is 2.91. The van der Waals surface area contributed by atoms with Gasteiger partial charge in [0.15, 0.2) is 0 Å². The highest BCUT2D eigenvalue weighted by molar-refractivity contribution is 5.64. The Morgan fingerprint density at radius 2 is 1.87 bits per heavy atom. The monoisotopic (exact) mass is 320 g/mol. The van der Waals surface area contributed by atoms with E-state index in [1.807, 2.05) is 5.92 Å². The van der Waals surface area contributed by atoms with E-state index in [-0.39, 0.29) is 17.0 Å². The zero-order valence-corrected chi connectivity index (χ0v) is 11.4. The SMILES string of the molecule is C#Cc1c(N)ccc(Oc2ccc(F)c(C#N)c2)c1C(F)(F)F. The van der Waals surface area contributed by atoms with E-state index in [0.717, 1.165) is 24.3 Å². The molecule has 3 nitrogen and oxygen atoms in total. The molecule has 2 aromatic rings. The topological polar surface area (TPSA) is 59.0 Å². The van der Waals surface area contributed by atoms with Crippen LogP contribution < -0.4 is 10.5 Å². The van der Waals surface area contributed by atoms with Crippen LogP contribution in [0.1, 0.15) is 16.7 Å². The summed E-state index contributed by atoms with van der Waals surface area (Å²) in [5.41, 5.74) is 3.14. The first-order valence-corrected chi connectivity index (χ1v) is 6.11. The van der Waals surface area contributed by atoms with Crippen LogP contribution in [0.2, 0.25) is 0 Å². The number of nitrogens with zero attached hydrogens (tertiary/aromatic N) is 1. The van der Waals surface area contributed by atoms with Crippen LogP contribution in [0, 0.1) is 29.5 Å². The number of halogens is 4. The Morgan fingerprint density at radius 3 is 2.43 bits per heavy atom. The summed E-state index contributed by atoms with van der Waals surface area (Å²) in [7, 11) is 0. The van der Waals surface area contributed by atoms with E-state index in [1.165, 1.54) is 6.07 Å². The average Bonchev–Trinajstić information content (AvgIpc) is 2.49. The summed E-state index contributed by atoms with van der Waals surface area (Å²) in [6.07, 6.45) is 0.297. The molecule has 0 atom stereocenters. The predicted octanol–water partition coefficient (Wildman–Crippen LogP) is 4.07. The van der Waals surface area contributed by atoms with Gasteiger partial charge in [0.25, 0.3) is 0 Å². The third kappa shape index (κ3) is 3.19. The fraction of sp³-hybridized carbons (Fsp3) is 0.0625. The highest BCUT2D eigenvalue weighted by Gasteiger charge is 2.38. The van der Waals surface area contributed by atoms with Gasteiger partial charge in [-0.1, -0.05) is 5.92 Å². The van der Waals surface area contributed by atoms with Gasteiger partial charge >= 0.3 is 6.18 Å². The normalized spacial score (nSPS) is 10.7. The number of nitrogens with two attached hydrogens (primary N) is 1. The van der Waals surface area contributed by atoms with E-state index in [9.17, 15) is 17.6 Å². The molecular weight excluding hydrogens is 312 g/mol. The number of hydrogen-bond acceptors (Lipinski definition) is 3. The maximum atomic E-state index is 13.2. The van der Waals surface area contributed by atoms with Crippen LogP contribution in [0.3, 0.4) is 0 Å². The van der Waals surface area contributed by atoms with Crippen LogP contribution in [0.25, 0.3) is 0 Å². The molecule has 0 aliphatic rings. The molecule has 2 rings (SSSR count). The summed E-state index contributed by atoms with van der Waals surface area (Å²) >= 11 is 0. The molecule has 7 heteroatoms. The van der Waals surface area contributed by atoms with Crippen molar-refractivity contribution in [3.63, 3.8) is 0 Å². The average molecular weight is 320 g/mol. The summed E-state index contributed by atoms with van der Waals surface area (Å²) in [4.78, 5) is 0. The fourth-order valence-corrected chi connectivity index (χ4v) is 1.90. The van der Waals surface area contributed by atoms with Crippen LogP contribution in [-0.4, -0.2) is 0 Å². The van der Waals surface area contributed by atoms with Crippen molar-refractivity contribution < 1.29 is 22.3 Å². The molecule has 2 aromatic carbocycles. The Hall–Kier alpha value is -3.19. The number of terminal acetylenes is 1. The molecule has 0 unspecified atom stereocenters. The highest BCUT2D eigenvalue weighted by Crippen LogP contribution is 2.42. The van der Waals surface area contributed by atoms with Crippen LogP contribution in [-0.2, 0) is 6.18 Å². The number of ether oxygens (including phenoxy) is 1. The molecule has 0 spiro atoms. The van der Waals surface area contributed by atoms with Gasteiger partial charge in [-0.05, 0) is 24.3 Å². The summed E-state index contributed by atoms with van der Waals surface area (Å²) in [5.74, 6) is 0.357. The molecule has 23 heavy (non-hydrogen) atoms. The summed E-state index contributed by atoms with van der Waals surface area (Å²) in [5, 5.41) is 8.74. The van der Waals surface area contributed by atoms with Gasteiger partial charge < -0.3 is 10.5 Å². The standard InChI is InChI=1S/C16H8F4N2O/c1-2-11-13(22)5-6-14(15(11)16(18,19)20)23-10-3-4-12(17)9(7-10)8-21/h1,3-7H,22H2. The largest absolute Gasteiger partial charge is 0.457 e. The van der Waals surface area contributed by atoms with Crippen molar-refractivity contribution in [1.29, 1.82) is 5.26 Å². The lowest BCUT2D eigenvalue weighted by molar-refractivity contribution is -0.138. The lowest BCUT2D eigenvalue weighted by Gasteiger charge is -2.17. The number of nitriles is 1. The van der Waals surface area contributed by atoms with Crippen molar-refractivity contribution >= 4 is 5.69 Å². The highest BCUT2D eigenvalue weighted by atomic mass is 19.4. The Labute approximate surface area is 128 Å². The molecular formula is C16H8F4N2O. The van der Waals surface area contributed by atoms with Gasteiger partial charge in [-0.15, -0.1) is 6.42 Å². The quantitative estimate of drug-likeness (QED) is 0.515. The van der Waals surface area contributed by atoms with Gasteiger partial charge in [-0.3, -0.25) is 0 Å². The van der Waals surface area contributed by atoms with Crippen molar-refractivity contribution in [2.45, 2.75) is 6.18 Å². The number of hydrogen-bond donors (Lipinski definition) is 1. The van der Waals surface area contributed by atoms with Crippen LogP contribution >= 0.6 is 0 Å². The van der Waals surface area contributed by atoms with Crippen molar-refractivity contribution in [1.82, 2.24) is 0 Å². The molecule has 0 heterocycles. The molecule has 0 aromatic heterocycles. The molecule has 0 fully saturated rings. The maximum Gasteiger partial charge on any atom is 0.421 e. The predicted molar refractivity (Wildman–Crippen MR) is 75.0 cm³/mol. The Kier molecular flexibility index (Phi) is 4.15. The van der Waals surface area contributed by atoms with Gasteiger partial charge in [0.2, 0.25) is 0 Å². The zero-order valence-electron chi connectivity index (χ0n) is 11.4. The maximum absolute atomic E-state index is 13.2. The Bertz CT molecular complexity index is 845. The van der Waals surface area contributed by atoms with Crippen LogP contribution in [0.15, 0.2) is 30.3 Å². The van der Waals surface area contributed by atoms with Crippen molar-refractivity contribution in [3.05, 3.63) is 52.8 Å². The number of benzene rings is 2. The number of nitrogen functional groups attached to an aromatic ring is 1. The number of anilines is 1. The van der Waals surface area contributed by atoms with Crippen LogP contribution in [0.5, 0.6) is 11.5 Å². The second-order valence-corrected chi connectivity index (χ2v) is 4.40. The third-order valence-electron chi connectivity index (χ3n) is 2.91. The summed E-state index contributed by atoms with van der Waals surface area (Å²) in [6, 6.07) is 6.76. The molecule has 0 bridgehead atoms. The lowest BCUT2D eigenvalue weighted by Crippen LogP contribution is -2.11. The number of alkyl halides is 3. The Morgan fingerprint density at radius 1 is 1.17 bits per heavy atom. The molecule has 0 aliphatic heterocycles. The van der Waals surface area contributed by atoms with Gasteiger partial charge in [0.1, 0.15) is 28.9 Å². The zero-order chi connectivity index (χ0) is 17.2. The smallest absolute Gasteiger partial charge is 0.421 e. The van der Waals surface area contributed by atoms with Gasteiger partial charge in [-0.25, -0.2) is 4.39 Å². The fourth-order valence-electron chi connectivity index (χ4n) is 1.90. The van der Waals surface area contributed by atoms with E-state index < -0.39 is 28.9 Å². The first kappa shape index (κ1) is 16.2. The summed E-state index contributed by atoms with van der Waals surface area (Å²) < 4.78 is 58.1. The van der Waals surface area contributed by atoms with Crippen LogP contribution in [0.4, 0.5) is 23.2 Å². The van der Waals surface area contributed by atoms with E-state index in [2.05, 4.69) is 0 Å². The second-order valence-electron chi connectivity index (χ2n) is 4.40. The van der Waals surface area contributed by atoms with Gasteiger partial charge in [0.05, 0.1) is 11.1 Å². The minimum atomic E-state index is -4.80. The van der Waals surface area contributed by atoms with Gasteiger partial charge in [-0.2, -0.15) is 18.4 Å². The first-order valence-electron chi connectivity index (χ1n) is 6.11. The molecule has 0 amide bonds. The van der Waals surface area contributed by atoms with Crippen molar-refractivity contribution in [2.75, 3.05) is 5.73 Å². The van der Waals surface area contributed by atoms with E-state index >= 15 is 0 Å². The van der Waals surface area contributed by atoms with E-state index in [0.29, 0.717) is 0 Å². The molecule has 0 saturated heterocycles. The molecule has 0 radical (unpaired) electrons. The second kappa shape index (κ2) is 5.90. The minimum Gasteiger partial charge on any atom is -0.457 e. The van der Waals surface area contributed by atoms with Gasteiger partial charge in [0, 0.05) is 11.8 Å². The summed E-state index contributed by atoms with van der Waals surface area (Å²) in [6.45, 7) is 0. The molecule has 2 N–H and O–H groups in total. The number of rotatable bonds is 2. The molecule has 0 aliphatic carbocycles. The molecule has 0 saturated carbocycles. The van der Waals surface area contributed by atoms with Crippen molar-refractivity contribution in [2.24, 2.45) is 0 Å². The van der Waals surface area contributed by atoms with Crippen molar-refractivity contribution in [3.8, 4) is 29.9 Å². The minimum absolute atomic E-state index is 0.138. The van der Waals surface area contributed by atoms with E-state index in [1.54, 1.807) is 6.07 Å². The lowest BCUT2D eigenvalue weighted by atomic mass is 10.0. The first-order chi connectivity index (χ1) is 10.8. The molecule has 116 valence electrons. The van der Waals surface area contributed by atoms with E-state index in [4.69, 9.17) is 22.2 Å².